The molecule has 3 aromatic rings. The third-order valence-corrected chi connectivity index (χ3v) is 5.53. The van der Waals surface area contributed by atoms with Crippen molar-refractivity contribution < 1.29 is 4.74 Å². The van der Waals surface area contributed by atoms with Gasteiger partial charge in [0.15, 0.2) is 0 Å². The van der Waals surface area contributed by atoms with Crippen molar-refractivity contribution in [2.75, 3.05) is 20.2 Å². The summed E-state index contributed by atoms with van der Waals surface area (Å²) in [5.74, 6) is 1.40. The minimum absolute atomic E-state index is 0.482. The summed E-state index contributed by atoms with van der Waals surface area (Å²) in [6.45, 7) is 4.25. The first-order chi connectivity index (χ1) is 14.3. The van der Waals surface area contributed by atoms with Crippen molar-refractivity contribution >= 4 is 0 Å². The zero-order valence-corrected chi connectivity index (χ0v) is 17.7. The Kier molecular flexibility index (Phi) is 8.33. The van der Waals surface area contributed by atoms with Gasteiger partial charge in [0.05, 0.1) is 7.11 Å². The second-order valence-electron chi connectivity index (χ2n) is 7.72. The molecular weight excluding hydrogens is 354 g/mol. The molecule has 3 aromatic carbocycles. The zero-order chi connectivity index (χ0) is 20.3. The molecule has 0 saturated heterocycles. The molecule has 0 aromatic heterocycles. The van der Waals surface area contributed by atoms with Crippen molar-refractivity contribution in [2.45, 2.75) is 38.5 Å². The van der Waals surface area contributed by atoms with Crippen LogP contribution in [0.2, 0.25) is 0 Å². The largest absolute Gasteiger partial charge is 0.497 e. The van der Waals surface area contributed by atoms with Gasteiger partial charge in [0.1, 0.15) is 5.75 Å². The maximum atomic E-state index is 5.21. The maximum absolute atomic E-state index is 5.21. The van der Waals surface area contributed by atoms with Crippen molar-refractivity contribution in [3.8, 4) is 5.75 Å². The number of rotatable bonds is 11. The lowest BCUT2D eigenvalue weighted by atomic mass is 9.87. The van der Waals surface area contributed by atoms with E-state index in [0.717, 1.165) is 25.3 Å². The summed E-state index contributed by atoms with van der Waals surface area (Å²) in [4.78, 5) is 0. The van der Waals surface area contributed by atoms with E-state index in [1.165, 1.54) is 41.5 Å². The van der Waals surface area contributed by atoms with Gasteiger partial charge >= 0.3 is 0 Å². The Balaban J connectivity index is 1.42. The second-order valence-corrected chi connectivity index (χ2v) is 7.72. The summed E-state index contributed by atoms with van der Waals surface area (Å²) in [6.07, 6.45) is 4.67. The molecule has 0 amide bonds. The summed E-state index contributed by atoms with van der Waals surface area (Å²) >= 11 is 0. The Morgan fingerprint density at radius 2 is 1.45 bits per heavy atom. The topological polar surface area (TPSA) is 21.3 Å². The average Bonchev–Trinajstić information content (AvgIpc) is 2.77. The van der Waals surface area contributed by atoms with Gasteiger partial charge in [-0.05, 0) is 68.1 Å². The normalized spacial score (nSPS) is 11.9. The number of methoxy groups -OCH3 is 1. The highest BCUT2D eigenvalue weighted by Crippen LogP contribution is 2.29. The van der Waals surface area contributed by atoms with Gasteiger partial charge in [-0.2, -0.15) is 0 Å². The van der Waals surface area contributed by atoms with E-state index in [9.17, 15) is 0 Å². The smallest absolute Gasteiger partial charge is 0.118 e. The molecule has 0 heterocycles. The molecule has 0 aliphatic rings. The quantitative estimate of drug-likeness (QED) is 0.399. The van der Waals surface area contributed by atoms with Gasteiger partial charge in [-0.1, -0.05) is 78.7 Å². The predicted molar refractivity (Wildman–Crippen MR) is 123 cm³/mol. The van der Waals surface area contributed by atoms with Gasteiger partial charge in [-0.25, -0.2) is 0 Å². The number of nitrogens with one attached hydrogen (secondary N) is 1. The van der Waals surface area contributed by atoms with Crippen molar-refractivity contribution in [1.82, 2.24) is 5.32 Å². The average molecular weight is 388 g/mol. The van der Waals surface area contributed by atoms with E-state index in [1.54, 1.807) is 7.11 Å². The molecule has 0 spiro atoms. The number of unbranched alkanes of at least 4 members (excludes halogenated alkanes) is 1. The summed E-state index contributed by atoms with van der Waals surface area (Å²) in [5, 5.41) is 3.59. The monoisotopic (exact) mass is 387 g/mol. The fourth-order valence-corrected chi connectivity index (χ4v) is 3.76. The molecular formula is C27H33NO. The standard InChI is InChI=1S/C27H33NO/c1-22-11-15-25(16-12-22)27(24-8-4-3-5-9-24)10-6-7-20-28-21-19-23-13-17-26(29-2)18-14-23/h3-5,8-9,11-18,27-28H,6-7,10,19-21H2,1-2H3. The van der Waals surface area contributed by atoms with Gasteiger partial charge in [0.2, 0.25) is 0 Å². The van der Waals surface area contributed by atoms with Gasteiger partial charge < -0.3 is 10.1 Å². The molecule has 2 nitrogen and oxygen atoms in total. The third kappa shape index (κ3) is 6.76. The first-order valence-electron chi connectivity index (χ1n) is 10.7. The molecule has 152 valence electrons. The van der Waals surface area contributed by atoms with Gasteiger partial charge in [-0.15, -0.1) is 0 Å². The number of aryl methyl sites for hydroxylation is 1. The highest BCUT2D eigenvalue weighted by atomic mass is 16.5. The first-order valence-corrected chi connectivity index (χ1v) is 10.7. The molecule has 3 rings (SSSR count). The number of benzene rings is 3. The molecule has 0 bridgehead atoms. The van der Waals surface area contributed by atoms with Crippen LogP contribution in [0.25, 0.3) is 0 Å². The predicted octanol–water partition coefficient (Wildman–Crippen LogP) is 6.14. The molecule has 0 fully saturated rings. The molecule has 0 radical (unpaired) electrons. The maximum Gasteiger partial charge on any atom is 0.118 e. The minimum Gasteiger partial charge on any atom is -0.497 e. The van der Waals surface area contributed by atoms with Gasteiger partial charge in [0, 0.05) is 5.92 Å². The molecule has 2 heteroatoms. The van der Waals surface area contributed by atoms with Crippen molar-refractivity contribution in [3.63, 3.8) is 0 Å². The van der Waals surface area contributed by atoms with Gasteiger partial charge in [0.25, 0.3) is 0 Å². The van der Waals surface area contributed by atoms with Crippen LogP contribution < -0.4 is 10.1 Å². The van der Waals surface area contributed by atoms with Crippen molar-refractivity contribution in [3.05, 3.63) is 101 Å². The summed E-state index contributed by atoms with van der Waals surface area (Å²) in [5.41, 5.74) is 5.52. The molecule has 1 N–H and O–H groups in total. The van der Waals surface area contributed by atoms with Crippen molar-refractivity contribution in [2.24, 2.45) is 0 Å². The lowest BCUT2D eigenvalue weighted by Crippen LogP contribution is -2.18. The van der Waals surface area contributed by atoms with Crippen LogP contribution in [-0.4, -0.2) is 20.2 Å². The van der Waals surface area contributed by atoms with E-state index in [0.29, 0.717) is 5.92 Å². The molecule has 1 unspecified atom stereocenters. The Morgan fingerprint density at radius 3 is 2.14 bits per heavy atom. The minimum atomic E-state index is 0.482. The lowest BCUT2D eigenvalue weighted by molar-refractivity contribution is 0.414. The summed E-state index contributed by atoms with van der Waals surface area (Å²) in [6, 6.07) is 28.3. The van der Waals surface area contributed by atoms with Crippen LogP contribution in [0, 0.1) is 6.92 Å². The van der Waals surface area contributed by atoms with Crippen LogP contribution in [0.3, 0.4) is 0 Å². The Morgan fingerprint density at radius 1 is 0.759 bits per heavy atom. The molecule has 0 aliphatic heterocycles. The number of ether oxygens (including phenoxy) is 1. The zero-order valence-electron chi connectivity index (χ0n) is 17.7. The summed E-state index contributed by atoms with van der Waals surface area (Å²) in [7, 11) is 1.71. The van der Waals surface area contributed by atoms with Crippen LogP contribution in [-0.2, 0) is 6.42 Å². The van der Waals surface area contributed by atoms with Crippen LogP contribution in [0.15, 0.2) is 78.9 Å². The van der Waals surface area contributed by atoms with E-state index in [2.05, 4.69) is 79.0 Å². The molecule has 0 saturated carbocycles. The first kappa shape index (κ1) is 21.1. The van der Waals surface area contributed by atoms with Gasteiger partial charge in [-0.3, -0.25) is 0 Å². The fourth-order valence-electron chi connectivity index (χ4n) is 3.76. The van der Waals surface area contributed by atoms with E-state index in [1.807, 2.05) is 12.1 Å². The van der Waals surface area contributed by atoms with Crippen LogP contribution in [0.1, 0.15) is 47.4 Å². The summed E-state index contributed by atoms with van der Waals surface area (Å²) < 4.78 is 5.21. The van der Waals surface area contributed by atoms with E-state index < -0.39 is 0 Å². The molecule has 29 heavy (non-hydrogen) atoms. The van der Waals surface area contributed by atoms with Crippen LogP contribution >= 0.6 is 0 Å². The SMILES string of the molecule is COc1ccc(CCNCCCCC(c2ccccc2)c2ccc(C)cc2)cc1. The molecule has 0 aliphatic carbocycles. The van der Waals surface area contributed by atoms with E-state index >= 15 is 0 Å². The van der Waals surface area contributed by atoms with Crippen LogP contribution in [0.5, 0.6) is 5.75 Å². The van der Waals surface area contributed by atoms with Crippen molar-refractivity contribution in [1.29, 1.82) is 0 Å². The highest BCUT2D eigenvalue weighted by Gasteiger charge is 2.13. The number of hydrogen-bond acceptors (Lipinski definition) is 2. The fraction of sp³-hybridized carbons (Fsp3) is 0.333. The lowest BCUT2D eigenvalue weighted by Gasteiger charge is -2.18. The molecule has 1 atom stereocenters. The Bertz CT molecular complexity index is 825. The Hall–Kier alpha value is -2.58. The van der Waals surface area contributed by atoms with E-state index in [-0.39, 0.29) is 0 Å². The number of hydrogen-bond donors (Lipinski definition) is 1. The highest BCUT2D eigenvalue weighted by molar-refractivity contribution is 5.33. The third-order valence-electron chi connectivity index (χ3n) is 5.53. The van der Waals surface area contributed by atoms with Crippen LogP contribution in [0.4, 0.5) is 0 Å². The second kappa shape index (κ2) is 11.4. The van der Waals surface area contributed by atoms with E-state index in [4.69, 9.17) is 4.74 Å². The Labute approximate surface area is 175 Å².